The molecule has 0 saturated heterocycles. The third-order valence-electron chi connectivity index (χ3n) is 4.14. The summed E-state index contributed by atoms with van der Waals surface area (Å²) in [7, 11) is 2.72. The Hall–Kier alpha value is -3.40. The zero-order valence-corrected chi connectivity index (χ0v) is 14.6. The molecule has 0 saturated carbocycles. The van der Waals surface area contributed by atoms with Crippen LogP contribution in [0.3, 0.4) is 0 Å². The van der Waals surface area contributed by atoms with Crippen LogP contribution in [-0.4, -0.2) is 26.2 Å². The summed E-state index contributed by atoms with van der Waals surface area (Å²) in [6.45, 7) is 0. The van der Waals surface area contributed by atoms with Crippen LogP contribution in [0.1, 0.15) is 20.7 Å². The molecule has 3 aromatic carbocycles. The van der Waals surface area contributed by atoms with Gasteiger partial charge in [-0.25, -0.2) is 9.59 Å². The van der Waals surface area contributed by atoms with Gasteiger partial charge in [0.05, 0.1) is 25.3 Å². The van der Waals surface area contributed by atoms with Gasteiger partial charge in [-0.1, -0.05) is 54.6 Å². The summed E-state index contributed by atoms with van der Waals surface area (Å²) in [5.74, 6) is -0.780. The van der Waals surface area contributed by atoms with Gasteiger partial charge in [-0.3, -0.25) is 0 Å². The monoisotopic (exact) mass is 346 g/mol. The van der Waals surface area contributed by atoms with Crippen LogP contribution in [0.25, 0.3) is 22.3 Å². The van der Waals surface area contributed by atoms with Crippen molar-refractivity contribution in [3.63, 3.8) is 0 Å². The number of benzene rings is 3. The van der Waals surface area contributed by atoms with Crippen molar-refractivity contribution in [1.29, 1.82) is 0 Å². The number of rotatable bonds is 4. The second-order valence-electron chi connectivity index (χ2n) is 5.66. The van der Waals surface area contributed by atoms with E-state index in [0.29, 0.717) is 11.1 Å². The quantitative estimate of drug-likeness (QED) is 0.648. The standard InChI is InChI=1S/C22H18O4/c1-25-21(23)16-9-7-8-15(14-16)17-10-3-4-11-18(17)19-12-5-6-13-20(19)22(24)26-2/h3-14H,1-2H3. The highest BCUT2D eigenvalue weighted by molar-refractivity contribution is 6.00. The number of carbonyl (C=O) groups is 2. The van der Waals surface area contributed by atoms with E-state index in [4.69, 9.17) is 9.47 Å². The Morgan fingerprint density at radius 3 is 1.96 bits per heavy atom. The Morgan fingerprint density at radius 1 is 0.654 bits per heavy atom. The summed E-state index contributed by atoms with van der Waals surface area (Å²) in [6.07, 6.45) is 0. The molecular weight excluding hydrogens is 328 g/mol. The summed E-state index contributed by atoms with van der Waals surface area (Å²) in [5.41, 5.74) is 4.40. The molecule has 0 unspecified atom stereocenters. The zero-order valence-electron chi connectivity index (χ0n) is 14.6. The molecule has 0 spiro atoms. The molecular formula is C22H18O4. The number of ether oxygens (including phenoxy) is 2. The summed E-state index contributed by atoms with van der Waals surface area (Å²) in [6, 6.07) is 22.3. The molecule has 4 nitrogen and oxygen atoms in total. The van der Waals surface area contributed by atoms with Crippen molar-refractivity contribution in [2.24, 2.45) is 0 Å². The highest BCUT2D eigenvalue weighted by atomic mass is 16.5. The molecule has 0 aromatic heterocycles. The SMILES string of the molecule is COC(=O)c1cccc(-c2ccccc2-c2ccccc2C(=O)OC)c1. The van der Waals surface area contributed by atoms with Gasteiger partial charge in [0.15, 0.2) is 0 Å². The van der Waals surface area contributed by atoms with E-state index >= 15 is 0 Å². The van der Waals surface area contributed by atoms with Gasteiger partial charge in [0, 0.05) is 0 Å². The van der Waals surface area contributed by atoms with Crippen molar-refractivity contribution in [2.75, 3.05) is 14.2 Å². The van der Waals surface area contributed by atoms with Crippen molar-refractivity contribution >= 4 is 11.9 Å². The van der Waals surface area contributed by atoms with Crippen molar-refractivity contribution in [1.82, 2.24) is 0 Å². The van der Waals surface area contributed by atoms with E-state index in [0.717, 1.165) is 22.3 Å². The predicted octanol–water partition coefficient (Wildman–Crippen LogP) is 4.59. The van der Waals surface area contributed by atoms with Gasteiger partial charge < -0.3 is 9.47 Å². The molecule has 130 valence electrons. The van der Waals surface area contributed by atoms with Crippen molar-refractivity contribution in [3.05, 3.63) is 83.9 Å². The maximum atomic E-state index is 12.2. The lowest BCUT2D eigenvalue weighted by molar-refractivity contribution is 0.0592. The summed E-state index contributed by atoms with van der Waals surface area (Å²) < 4.78 is 9.72. The van der Waals surface area contributed by atoms with Crippen LogP contribution in [0.4, 0.5) is 0 Å². The molecule has 0 N–H and O–H groups in total. The minimum atomic E-state index is -0.390. The second-order valence-corrected chi connectivity index (χ2v) is 5.66. The van der Waals surface area contributed by atoms with E-state index in [-0.39, 0.29) is 5.97 Å². The first-order valence-corrected chi connectivity index (χ1v) is 8.11. The Labute approximate surface area is 152 Å². The highest BCUT2D eigenvalue weighted by Crippen LogP contribution is 2.34. The summed E-state index contributed by atoms with van der Waals surface area (Å²) in [4.78, 5) is 24.0. The van der Waals surface area contributed by atoms with E-state index in [2.05, 4.69) is 0 Å². The summed E-state index contributed by atoms with van der Waals surface area (Å²) >= 11 is 0. The van der Waals surface area contributed by atoms with E-state index in [1.807, 2.05) is 48.5 Å². The minimum absolute atomic E-state index is 0.390. The molecule has 4 heteroatoms. The molecule has 0 aliphatic heterocycles. The smallest absolute Gasteiger partial charge is 0.338 e. The van der Waals surface area contributed by atoms with Crippen LogP contribution in [0.15, 0.2) is 72.8 Å². The maximum Gasteiger partial charge on any atom is 0.338 e. The second kappa shape index (κ2) is 7.66. The fourth-order valence-electron chi connectivity index (χ4n) is 2.91. The first-order chi connectivity index (χ1) is 12.7. The number of carbonyl (C=O) groups excluding carboxylic acids is 2. The van der Waals surface area contributed by atoms with Crippen LogP contribution in [0.2, 0.25) is 0 Å². The van der Waals surface area contributed by atoms with Gasteiger partial charge in [0.1, 0.15) is 0 Å². The fraction of sp³-hybridized carbons (Fsp3) is 0.0909. The van der Waals surface area contributed by atoms with Crippen LogP contribution in [0, 0.1) is 0 Å². The maximum absolute atomic E-state index is 12.2. The molecule has 0 aliphatic carbocycles. The minimum Gasteiger partial charge on any atom is -0.465 e. The normalized spacial score (nSPS) is 10.2. The van der Waals surface area contributed by atoms with Crippen LogP contribution < -0.4 is 0 Å². The lowest BCUT2D eigenvalue weighted by Gasteiger charge is -2.13. The van der Waals surface area contributed by atoms with Crippen LogP contribution in [0.5, 0.6) is 0 Å². The molecule has 0 heterocycles. The van der Waals surface area contributed by atoms with Gasteiger partial charge in [0.25, 0.3) is 0 Å². The molecule has 3 aromatic rings. The lowest BCUT2D eigenvalue weighted by Crippen LogP contribution is -2.04. The molecule has 0 amide bonds. The zero-order chi connectivity index (χ0) is 18.5. The van der Waals surface area contributed by atoms with Gasteiger partial charge in [0.2, 0.25) is 0 Å². The number of hydrogen-bond donors (Lipinski definition) is 0. The molecule has 0 atom stereocenters. The van der Waals surface area contributed by atoms with Gasteiger partial charge in [-0.2, -0.15) is 0 Å². The van der Waals surface area contributed by atoms with Crippen molar-refractivity contribution in [2.45, 2.75) is 0 Å². The summed E-state index contributed by atoms with van der Waals surface area (Å²) in [5, 5.41) is 0. The number of methoxy groups -OCH3 is 2. The van der Waals surface area contributed by atoms with Crippen LogP contribution in [-0.2, 0) is 9.47 Å². The molecule has 0 fully saturated rings. The van der Waals surface area contributed by atoms with Gasteiger partial charge in [-0.05, 0) is 40.5 Å². The Morgan fingerprint density at radius 2 is 1.27 bits per heavy atom. The first-order valence-electron chi connectivity index (χ1n) is 8.11. The van der Waals surface area contributed by atoms with Crippen molar-refractivity contribution < 1.29 is 19.1 Å². The van der Waals surface area contributed by atoms with E-state index in [1.165, 1.54) is 14.2 Å². The fourth-order valence-corrected chi connectivity index (χ4v) is 2.91. The molecule has 3 rings (SSSR count). The Kier molecular flexibility index (Phi) is 5.13. The third-order valence-corrected chi connectivity index (χ3v) is 4.14. The molecule has 0 bridgehead atoms. The van der Waals surface area contributed by atoms with Crippen LogP contribution >= 0.6 is 0 Å². The third kappa shape index (κ3) is 3.35. The largest absolute Gasteiger partial charge is 0.465 e. The van der Waals surface area contributed by atoms with E-state index in [9.17, 15) is 9.59 Å². The highest BCUT2D eigenvalue weighted by Gasteiger charge is 2.16. The number of hydrogen-bond acceptors (Lipinski definition) is 4. The first kappa shape index (κ1) is 17.4. The van der Waals surface area contributed by atoms with E-state index < -0.39 is 5.97 Å². The topological polar surface area (TPSA) is 52.6 Å². The van der Waals surface area contributed by atoms with Crippen molar-refractivity contribution in [3.8, 4) is 22.3 Å². The number of esters is 2. The average Bonchev–Trinajstić information content (AvgIpc) is 2.72. The molecule has 26 heavy (non-hydrogen) atoms. The van der Waals surface area contributed by atoms with E-state index in [1.54, 1.807) is 24.3 Å². The average molecular weight is 346 g/mol. The Balaban J connectivity index is 2.18. The molecule has 0 radical (unpaired) electrons. The predicted molar refractivity (Wildman–Crippen MR) is 100.0 cm³/mol. The molecule has 0 aliphatic rings. The van der Waals surface area contributed by atoms with Gasteiger partial charge >= 0.3 is 11.9 Å². The van der Waals surface area contributed by atoms with Gasteiger partial charge in [-0.15, -0.1) is 0 Å². The lowest BCUT2D eigenvalue weighted by atomic mass is 9.91. The Bertz CT molecular complexity index is 960.